The van der Waals surface area contributed by atoms with Crippen LogP contribution in [0.4, 0.5) is 27.4 Å². The molecule has 1 saturated carbocycles. The second-order valence-electron chi connectivity index (χ2n) is 10.3. The maximum Gasteiger partial charge on any atom is 0.295 e. The number of anilines is 3. The molecule has 12 nitrogen and oxygen atoms in total. The van der Waals surface area contributed by atoms with Crippen LogP contribution in [0.5, 0.6) is 5.75 Å². The molecule has 0 bridgehead atoms. The first kappa shape index (κ1) is 30.9. The van der Waals surface area contributed by atoms with Crippen LogP contribution in [0.25, 0.3) is 11.3 Å². The molecule has 5 N–H and O–H groups in total. The minimum absolute atomic E-state index is 0. The molecular weight excluding hydrogens is 569 g/mol. The summed E-state index contributed by atoms with van der Waals surface area (Å²) in [5.74, 6) is -0.418. The van der Waals surface area contributed by atoms with Gasteiger partial charge in [0.1, 0.15) is 23.2 Å². The van der Waals surface area contributed by atoms with E-state index in [0.717, 1.165) is 19.3 Å². The van der Waals surface area contributed by atoms with Crippen molar-refractivity contribution in [2.75, 3.05) is 30.4 Å². The van der Waals surface area contributed by atoms with E-state index >= 15 is 0 Å². The summed E-state index contributed by atoms with van der Waals surface area (Å²) in [6.07, 6.45) is 4.70. The number of amides is 1. The van der Waals surface area contributed by atoms with E-state index in [2.05, 4.69) is 20.6 Å². The average molecular weight is 602 g/mol. The molecule has 3 atom stereocenters. The van der Waals surface area contributed by atoms with Gasteiger partial charge in [-0.1, -0.05) is 6.07 Å². The summed E-state index contributed by atoms with van der Waals surface area (Å²) in [5.41, 5.74) is 6.21. The number of aliphatic hydroxyl groups is 1. The number of nitro groups is 1. The highest BCUT2D eigenvalue weighted by molar-refractivity contribution is 6.00. The molecule has 0 radical (unpaired) electrons. The molecule has 5 rings (SSSR count). The van der Waals surface area contributed by atoms with Crippen LogP contribution in [0.15, 0.2) is 42.6 Å². The Morgan fingerprint density at radius 3 is 2.74 bits per heavy atom. The first-order valence-corrected chi connectivity index (χ1v) is 13.5. The van der Waals surface area contributed by atoms with E-state index in [0.29, 0.717) is 43.0 Å². The number of pyridine rings is 2. The summed E-state index contributed by atoms with van der Waals surface area (Å²) < 4.78 is 20.1. The lowest BCUT2D eigenvalue weighted by molar-refractivity contribution is -0.384. The highest BCUT2D eigenvalue weighted by Gasteiger charge is 2.28. The number of nitrogens with two attached hydrogens (primary N) is 1. The third kappa shape index (κ3) is 6.69. The monoisotopic (exact) mass is 601 g/mol. The number of piperidine rings is 1. The molecule has 224 valence electrons. The van der Waals surface area contributed by atoms with E-state index in [1.807, 2.05) is 4.90 Å². The predicted octanol–water partition coefficient (Wildman–Crippen LogP) is 3.94. The molecule has 14 heteroatoms. The number of benzene rings is 1. The molecule has 2 aliphatic rings. The number of nitrogens with zero attached hydrogens (tertiary/aromatic N) is 4. The number of hydrogen-bond acceptors (Lipinski definition) is 10. The normalized spacial score (nSPS) is 20.0. The fraction of sp³-hybridized carbons (Fsp3) is 0.393. The van der Waals surface area contributed by atoms with Crippen molar-refractivity contribution in [2.24, 2.45) is 5.73 Å². The SMILES string of the molecule is COc1cccc(F)c1-c1nc(Nc2cc(N3CCC[C@H](O)C3)c(C(=O)N[C@@H]3CC[C@@H](N)C3)cn2)ccc1[N+](=O)[O-].Cl. The number of halogens is 2. The first-order chi connectivity index (χ1) is 19.7. The molecule has 0 spiro atoms. The highest BCUT2D eigenvalue weighted by Crippen LogP contribution is 2.38. The van der Waals surface area contributed by atoms with Crippen LogP contribution in [-0.4, -0.2) is 64.3 Å². The van der Waals surface area contributed by atoms with Crippen molar-refractivity contribution >= 4 is 41.3 Å². The third-order valence-corrected chi connectivity index (χ3v) is 7.43. The van der Waals surface area contributed by atoms with E-state index in [1.165, 1.54) is 43.6 Å². The maximum atomic E-state index is 14.9. The molecular formula is C28H33ClFN7O5. The topological polar surface area (TPSA) is 169 Å². The van der Waals surface area contributed by atoms with Crippen LogP contribution in [0.2, 0.25) is 0 Å². The lowest BCUT2D eigenvalue weighted by atomic mass is 10.1. The van der Waals surface area contributed by atoms with Gasteiger partial charge in [0.25, 0.3) is 11.6 Å². The Labute approximate surface area is 248 Å². The van der Waals surface area contributed by atoms with E-state index in [1.54, 1.807) is 6.07 Å². The smallest absolute Gasteiger partial charge is 0.295 e. The van der Waals surface area contributed by atoms with Crippen molar-refractivity contribution in [3.63, 3.8) is 0 Å². The van der Waals surface area contributed by atoms with Gasteiger partial charge in [-0.3, -0.25) is 14.9 Å². The second-order valence-corrected chi connectivity index (χ2v) is 10.3. The summed E-state index contributed by atoms with van der Waals surface area (Å²) in [6.45, 7) is 0.993. The number of β-amino-alcohol motifs (C(OH)–C–C–N with tert-alkyl or cyclic N) is 1. The van der Waals surface area contributed by atoms with Crippen molar-refractivity contribution in [3.8, 4) is 17.0 Å². The van der Waals surface area contributed by atoms with Gasteiger partial charge < -0.3 is 31.1 Å². The highest BCUT2D eigenvalue weighted by atomic mass is 35.5. The van der Waals surface area contributed by atoms with Gasteiger partial charge in [0.2, 0.25) is 0 Å². The summed E-state index contributed by atoms with van der Waals surface area (Å²) in [4.78, 5) is 35.1. The maximum absolute atomic E-state index is 14.9. The number of ether oxygens (including phenoxy) is 1. The minimum Gasteiger partial charge on any atom is -0.496 e. The Morgan fingerprint density at radius 2 is 2.05 bits per heavy atom. The number of aliphatic hydroxyl groups excluding tert-OH is 1. The van der Waals surface area contributed by atoms with Crippen molar-refractivity contribution in [2.45, 2.75) is 50.3 Å². The van der Waals surface area contributed by atoms with Gasteiger partial charge in [-0.2, -0.15) is 0 Å². The fourth-order valence-electron chi connectivity index (χ4n) is 5.42. The van der Waals surface area contributed by atoms with E-state index in [-0.39, 0.29) is 53.2 Å². The third-order valence-electron chi connectivity index (χ3n) is 7.43. The molecule has 1 aromatic carbocycles. The minimum atomic E-state index is -0.722. The summed E-state index contributed by atoms with van der Waals surface area (Å²) >= 11 is 0. The van der Waals surface area contributed by atoms with Crippen LogP contribution >= 0.6 is 12.4 Å². The molecule has 3 heterocycles. The number of rotatable bonds is 8. The number of nitrogens with one attached hydrogen (secondary N) is 2. The van der Waals surface area contributed by atoms with Crippen molar-refractivity contribution < 1.29 is 24.0 Å². The van der Waals surface area contributed by atoms with Gasteiger partial charge in [-0.15, -0.1) is 12.4 Å². The Hall–Kier alpha value is -4.07. The van der Waals surface area contributed by atoms with E-state index in [4.69, 9.17) is 10.5 Å². The molecule has 1 amide bonds. The van der Waals surface area contributed by atoms with Crippen molar-refractivity contribution in [3.05, 3.63) is 64.1 Å². The summed E-state index contributed by atoms with van der Waals surface area (Å²) in [5, 5.41) is 28.2. The van der Waals surface area contributed by atoms with Crippen LogP contribution in [0, 0.1) is 15.9 Å². The lowest BCUT2D eigenvalue weighted by Gasteiger charge is -2.33. The number of carbonyl (C=O) groups excluding carboxylic acids is 1. The van der Waals surface area contributed by atoms with E-state index < -0.39 is 22.5 Å². The van der Waals surface area contributed by atoms with Crippen molar-refractivity contribution in [1.29, 1.82) is 0 Å². The molecule has 1 saturated heterocycles. The Balaban J connectivity index is 0.00000405. The predicted molar refractivity (Wildman–Crippen MR) is 158 cm³/mol. The Bertz CT molecular complexity index is 1460. The van der Waals surface area contributed by atoms with Crippen molar-refractivity contribution in [1.82, 2.24) is 15.3 Å². The van der Waals surface area contributed by atoms with Crippen LogP contribution < -0.4 is 26.0 Å². The number of hydrogen-bond donors (Lipinski definition) is 4. The molecule has 42 heavy (non-hydrogen) atoms. The van der Waals surface area contributed by atoms with Gasteiger partial charge in [0, 0.05) is 43.5 Å². The van der Waals surface area contributed by atoms with Gasteiger partial charge in [0.05, 0.1) is 35.0 Å². The zero-order valence-corrected chi connectivity index (χ0v) is 23.8. The molecule has 1 aliphatic heterocycles. The summed E-state index contributed by atoms with van der Waals surface area (Å²) in [7, 11) is 1.34. The van der Waals surface area contributed by atoms with Gasteiger partial charge in [-0.25, -0.2) is 14.4 Å². The van der Waals surface area contributed by atoms with E-state index in [9.17, 15) is 24.4 Å². The standard InChI is InChI=1S/C28H32FN7O5.ClH/c1-41-23-6-2-5-20(29)26(23)27-21(36(39)40)9-10-24(34-27)33-25-13-22(35-11-3-4-18(37)15-35)19(14-31-25)28(38)32-17-8-7-16(30)12-17;/h2,5-6,9-10,13-14,16-18,37H,3-4,7-8,11-12,15,30H2,1H3,(H,32,38)(H,31,33,34);1H/t16-,17-,18+;/m1./s1. The van der Waals surface area contributed by atoms with Crippen LogP contribution in [-0.2, 0) is 0 Å². The van der Waals surface area contributed by atoms with Gasteiger partial charge in [-0.05, 0) is 50.3 Å². The van der Waals surface area contributed by atoms with Gasteiger partial charge >= 0.3 is 0 Å². The zero-order valence-electron chi connectivity index (χ0n) is 23.0. The summed E-state index contributed by atoms with van der Waals surface area (Å²) in [6, 6.07) is 8.45. The van der Waals surface area contributed by atoms with Crippen LogP contribution in [0.3, 0.4) is 0 Å². The average Bonchev–Trinajstić information content (AvgIpc) is 3.36. The molecule has 3 aromatic rings. The molecule has 1 aliphatic carbocycles. The number of carbonyl (C=O) groups is 1. The lowest BCUT2D eigenvalue weighted by Crippen LogP contribution is -2.40. The number of methoxy groups -OCH3 is 1. The fourth-order valence-corrected chi connectivity index (χ4v) is 5.42. The second kappa shape index (κ2) is 13.3. The quantitative estimate of drug-likeness (QED) is 0.219. The first-order valence-electron chi connectivity index (χ1n) is 13.5. The zero-order chi connectivity index (χ0) is 29.1. The largest absolute Gasteiger partial charge is 0.496 e. The Morgan fingerprint density at radius 1 is 1.24 bits per heavy atom. The Kier molecular flexibility index (Phi) is 9.76. The molecule has 0 unspecified atom stereocenters. The number of aromatic nitrogens is 2. The van der Waals surface area contributed by atoms with Crippen LogP contribution in [0.1, 0.15) is 42.5 Å². The van der Waals surface area contributed by atoms with Gasteiger partial charge in [0.15, 0.2) is 5.69 Å². The molecule has 2 fully saturated rings. The molecule has 2 aromatic heterocycles.